The monoisotopic (exact) mass is 436 g/mol. The van der Waals surface area contributed by atoms with E-state index in [1.807, 2.05) is 18.2 Å². The number of carbonyl (C=O) groups excluding carboxylic acids is 1. The van der Waals surface area contributed by atoms with Crippen LogP contribution < -0.4 is 14.8 Å². The molecule has 0 unspecified atom stereocenters. The molecule has 1 saturated carbocycles. The normalized spacial score (nSPS) is 16.0. The van der Waals surface area contributed by atoms with Gasteiger partial charge in [0.05, 0.1) is 16.0 Å². The summed E-state index contributed by atoms with van der Waals surface area (Å²) in [6.07, 6.45) is 2.66. The highest BCUT2D eigenvalue weighted by Gasteiger charge is 2.51. The number of benzene rings is 2. The third-order valence-corrected chi connectivity index (χ3v) is 6.77. The molecule has 0 atom stereocenters. The molecule has 0 radical (unpaired) electrons. The van der Waals surface area contributed by atoms with Gasteiger partial charge in [-0.2, -0.15) is 0 Å². The maximum atomic E-state index is 13.1. The topological polar surface area (TPSA) is 94.6 Å². The molecule has 1 N–H and O–H groups in total. The largest absolute Gasteiger partial charge is 0.454 e. The molecule has 2 heterocycles. The van der Waals surface area contributed by atoms with Gasteiger partial charge in [0.25, 0.3) is 0 Å². The summed E-state index contributed by atoms with van der Waals surface area (Å²) in [6, 6.07) is 17.5. The molecule has 1 fully saturated rings. The highest BCUT2D eigenvalue weighted by Crippen LogP contribution is 2.51. The molecule has 8 heteroatoms. The molecule has 31 heavy (non-hydrogen) atoms. The smallest absolute Gasteiger partial charge is 0.236 e. The lowest BCUT2D eigenvalue weighted by molar-refractivity contribution is -0.118. The first-order valence-electron chi connectivity index (χ1n) is 9.84. The minimum absolute atomic E-state index is 0.124. The first kappa shape index (κ1) is 19.6. The SMILES string of the molecule is CS(=O)(=O)c1cccc(-c2cccc(NC(=O)C3(c4ccc5c(c4)OCO5)CC3)n2)c1. The van der Waals surface area contributed by atoms with Gasteiger partial charge in [-0.1, -0.05) is 24.3 Å². The van der Waals surface area contributed by atoms with E-state index in [1.54, 1.807) is 42.5 Å². The standard InChI is InChI=1S/C23H20N2O5S/c1-31(27,28)17-5-2-4-15(12-17)18-6-3-7-21(24-18)25-22(26)23(10-11-23)16-8-9-19-20(13-16)30-14-29-19/h2-9,12-13H,10-11,14H2,1H3,(H,24,25,26). The zero-order valence-electron chi connectivity index (χ0n) is 16.8. The van der Waals surface area contributed by atoms with Crippen molar-refractivity contribution in [2.45, 2.75) is 23.2 Å². The van der Waals surface area contributed by atoms with Crippen molar-refractivity contribution in [3.63, 3.8) is 0 Å². The Morgan fingerprint density at radius 3 is 2.55 bits per heavy atom. The zero-order chi connectivity index (χ0) is 21.6. The zero-order valence-corrected chi connectivity index (χ0v) is 17.6. The number of amides is 1. The van der Waals surface area contributed by atoms with Crippen molar-refractivity contribution >= 4 is 21.6 Å². The summed E-state index contributed by atoms with van der Waals surface area (Å²) in [7, 11) is -3.33. The third kappa shape index (κ3) is 3.63. The number of nitrogens with one attached hydrogen (secondary N) is 1. The van der Waals surface area contributed by atoms with Gasteiger partial charge in [0.1, 0.15) is 5.82 Å². The van der Waals surface area contributed by atoms with Gasteiger partial charge >= 0.3 is 0 Å². The van der Waals surface area contributed by atoms with E-state index in [9.17, 15) is 13.2 Å². The second-order valence-electron chi connectivity index (χ2n) is 7.81. The van der Waals surface area contributed by atoms with Gasteiger partial charge in [-0.3, -0.25) is 4.79 Å². The van der Waals surface area contributed by atoms with Crippen molar-refractivity contribution in [1.29, 1.82) is 0 Å². The summed E-state index contributed by atoms with van der Waals surface area (Å²) < 4.78 is 34.5. The summed E-state index contributed by atoms with van der Waals surface area (Å²) in [5.74, 6) is 1.63. The highest BCUT2D eigenvalue weighted by molar-refractivity contribution is 7.90. The lowest BCUT2D eigenvalue weighted by Gasteiger charge is -2.16. The van der Waals surface area contributed by atoms with E-state index < -0.39 is 15.3 Å². The number of aromatic nitrogens is 1. The lowest BCUT2D eigenvalue weighted by atomic mass is 9.94. The molecular formula is C23H20N2O5S. The minimum Gasteiger partial charge on any atom is -0.454 e. The van der Waals surface area contributed by atoms with Gasteiger partial charge in [0.2, 0.25) is 12.7 Å². The third-order valence-electron chi connectivity index (χ3n) is 5.66. The van der Waals surface area contributed by atoms with Gasteiger partial charge in [-0.15, -0.1) is 0 Å². The Balaban J connectivity index is 1.40. The summed E-state index contributed by atoms with van der Waals surface area (Å²) in [6.45, 7) is 0.190. The van der Waals surface area contributed by atoms with E-state index >= 15 is 0 Å². The Morgan fingerprint density at radius 2 is 1.77 bits per heavy atom. The van der Waals surface area contributed by atoms with Crippen molar-refractivity contribution in [3.05, 3.63) is 66.2 Å². The number of nitrogens with zero attached hydrogens (tertiary/aromatic N) is 1. The van der Waals surface area contributed by atoms with Crippen molar-refractivity contribution < 1.29 is 22.7 Å². The summed E-state index contributed by atoms with van der Waals surface area (Å²) in [5, 5.41) is 2.93. The second-order valence-corrected chi connectivity index (χ2v) is 9.83. The Morgan fingerprint density at radius 1 is 1.00 bits per heavy atom. The fraction of sp³-hybridized carbons (Fsp3) is 0.217. The van der Waals surface area contributed by atoms with Crippen molar-refractivity contribution in [2.24, 2.45) is 0 Å². The summed E-state index contributed by atoms with van der Waals surface area (Å²) in [4.78, 5) is 17.9. The Hall–Kier alpha value is -3.39. The molecule has 7 nitrogen and oxygen atoms in total. The molecule has 0 bridgehead atoms. The van der Waals surface area contributed by atoms with Crippen molar-refractivity contribution in [1.82, 2.24) is 4.98 Å². The van der Waals surface area contributed by atoms with Crippen LogP contribution in [0.25, 0.3) is 11.3 Å². The fourth-order valence-electron chi connectivity index (χ4n) is 3.75. The molecule has 1 aliphatic carbocycles. The van der Waals surface area contributed by atoms with Crippen LogP contribution in [-0.4, -0.2) is 32.4 Å². The molecule has 0 spiro atoms. The first-order valence-corrected chi connectivity index (χ1v) is 11.7. The Labute approximate surface area is 180 Å². The van der Waals surface area contributed by atoms with Gasteiger partial charge in [-0.05, 0) is 54.8 Å². The van der Waals surface area contributed by atoms with Crippen LogP contribution in [0.1, 0.15) is 18.4 Å². The van der Waals surface area contributed by atoms with Crippen molar-refractivity contribution in [2.75, 3.05) is 18.4 Å². The van der Waals surface area contributed by atoms with Crippen LogP contribution in [-0.2, 0) is 20.0 Å². The predicted molar refractivity (Wildman–Crippen MR) is 115 cm³/mol. The number of anilines is 1. The number of hydrogen-bond acceptors (Lipinski definition) is 6. The van der Waals surface area contributed by atoms with Gasteiger partial charge in [-0.25, -0.2) is 13.4 Å². The average Bonchev–Trinajstić information content (AvgIpc) is 3.44. The maximum Gasteiger partial charge on any atom is 0.236 e. The molecule has 2 aromatic carbocycles. The van der Waals surface area contributed by atoms with E-state index in [0.717, 1.165) is 18.4 Å². The fourth-order valence-corrected chi connectivity index (χ4v) is 4.42. The van der Waals surface area contributed by atoms with Crippen LogP contribution in [0.5, 0.6) is 11.5 Å². The average molecular weight is 436 g/mol. The van der Waals surface area contributed by atoms with Crippen LogP contribution >= 0.6 is 0 Å². The minimum atomic E-state index is -3.33. The molecule has 3 aromatic rings. The van der Waals surface area contributed by atoms with Crippen LogP contribution in [0.3, 0.4) is 0 Å². The number of hydrogen-bond donors (Lipinski definition) is 1. The molecular weight excluding hydrogens is 416 g/mol. The van der Waals surface area contributed by atoms with E-state index in [0.29, 0.717) is 28.6 Å². The van der Waals surface area contributed by atoms with Crippen molar-refractivity contribution in [3.8, 4) is 22.8 Å². The van der Waals surface area contributed by atoms with E-state index in [1.165, 1.54) is 6.26 Å². The number of sulfone groups is 1. The Kier molecular flexibility index (Phi) is 4.48. The van der Waals surface area contributed by atoms with Gasteiger partial charge in [0, 0.05) is 11.8 Å². The molecule has 158 valence electrons. The molecule has 1 aliphatic heterocycles. The maximum absolute atomic E-state index is 13.1. The number of pyridine rings is 1. The van der Waals surface area contributed by atoms with Crippen LogP contribution in [0.2, 0.25) is 0 Å². The van der Waals surface area contributed by atoms with E-state index in [-0.39, 0.29) is 17.6 Å². The quantitative estimate of drug-likeness (QED) is 0.657. The second kappa shape index (κ2) is 7.09. The molecule has 1 amide bonds. The van der Waals surface area contributed by atoms with Crippen LogP contribution in [0, 0.1) is 0 Å². The van der Waals surface area contributed by atoms with Gasteiger partial charge < -0.3 is 14.8 Å². The van der Waals surface area contributed by atoms with Crippen LogP contribution in [0.4, 0.5) is 5.82 Å². The number of carbonyl (C=O) groups is 1. The van der Waals surface area contributed by atoms with E-state index in [4.69, 9.17) is 9.47 Å². The number of ether oxygens (including phenoxy) is 2. The lowest BCUT2D eigenvalue weighted by Crippen LogP contribution is -2.28. The highest BCUT2D eigenvalue weighted by atomic mass is 32.2. The molecule has 5 rings (SSSR count). The first-order chi connectivity index (χ1) is 14.8. The molecule has 0 saturated heterocycles. The summed E-state index contributed by atoms with van der Waals surface area (Å²) in [5.41, 5.74) is 1.54. The number of fused-ring (bicyclic) bond motifs is 1. The Bertz CT molecular complexity index is 1300. The predicted octanol–water partition coefficient (Wildman–Crippen LogP) is 3.55. The van der Waals surface area contributed by atoms with Crippen LogP contribution in [0.15, 0.2) is 65.6 Å². The summed E-state index contributed by atoms with van der Waals surface area (Å²) >= 11 is 0. The number of rotatable bonds is 5. The van der Waals surface area contributed by atoms with Gasteiger partial charge in [0.15, 0.2) is 21.3 Å². The molecule has 1 aromatic heterocycles. The molecule has 2 aliphatic rings. The van der Waals surface area contributed by atoms with E-state index in [2.05, 4.69) is 10.3 Å².